The van der Waals surface area contributed by atoms with Crippen LogP contribution in [0.2, 0.25) is 0 Å². The number of nitrogens with zero attached hydrogens (tertiary/aromatic N) is 1. The van der Waals surface area contributed by atoms with Gasteiger partial charge in [-0.15, -0.1) is 0 Å². The summed E-state index contributed by atoms with van der Waals surface area (Å²) in [6.45, 7) is 6.42. The lowest BCUT2D eigenvalue weighted by Crippen LogP contribution is -2.45. The minimum absolute atomic E-state index is 0.00224. The summed E-state index contributed by atoms with van der Waals surface area (Å²) in [4.78, 5) is 69.6. The molecule has 0 unspecified atom stereocenters. The van der Waals surface area contributed by atoms with Crippen LogP contribution >= 0.6 is 0 Å². The summed E-state index contributed by atoms with van der Waals surface area (Å²) in [6.07, 6.45) is 9.63. The van der Waals surface area contributed by atoms with Gasteiger partial charge in [-0.2, -0.15) is 0 Å². The van der Waals surface area contributed by atoms with E-state index in [1.165, 1.54) is 37.5 Å². The van der Waals surface area contributed by atoms with Gasteiger partial charge in [-0.05, 0) is 68.1 Å². The van der Waals surface area contributed by atoms with E-state index >= 15 is 0 Å². The topological polar surface area (TPSA) is 197 Å². The zero-order valence-electron chi connectivity index (χ0n) is 33.5. The van der Waals surface area contributed by atoms with Crippen molar-refractivity contribution < 1.29 is 33.4 Å². The summed E-state index contributed by atoms with van der Waals surface area (Å²) in [7, 11) is 1.56. The highest BCUT2D eigenvalue weighted by molar-refractivity contribution is 5.96. The molecule has 0 fully saturated rings. The Morgan fingerprint density at radius 1 is 0.836 bits per heavy atom. The van der Waals surface area contributed by atoms with Crippen molar-refractivity contribution in [1.82, 2.24) is 10.2 Å². The highest BCUT2D eigenvalue weighted by atomic mass is 16.5. The zero-order valence-corrected chi connectivity index (χ0v) is 33.5. The van der Waals surface area contributed by atoms with Gasteiger partial charge in [0, 0.05) is 62.4 Å². The first-order valence-electron chi connectivity index (χ1n) is 20.2. The molecule has 2 amide bonds. The lowest BCUT2D eigenvalue weighted by atomic mass is 9.88. The van der Waals surface area contributed by atoms with E-state index in [0.29, 0.717) is 34.6 Å². The second-order valence-corrected chi connectivity index (χ2v) is 14.9. The van der Waals surface area contributed by atoms with Gasteiger partial charge in [0.15, 0.2) is 11.6 Å². The summed E-state index contributed by atoms with van der Waals surface area (Å²) in [6, 6.07) is 8.82. The Labute approximate surface area is 327 Å². The Kier molecular flexibility index (Phi) is 19.5. The van der Waals surface area contributed by atoms with Crippen molar-refractivity contribution in [3.05, 3.63) is 47.5 Å². The number of likely N-dealkylation sites (N-methyl/N-ethyl adjacent to an activating group) is 1. The molecular formula is C43H65N5O7. The molecule has 12 heteroatoms. The summed E-state index contributed by atoms with van der Waals surface area (Å²) in [5.41, 5.74) is 20.1. The molecule has 3 rings (SSSR count). The summed E-state index contributed by atoms with van der Waals surface area (Å²) >= 11 is 0. The van der Waals surface area contributed by atoms with E-state index in [0.717, 1.165) is 31.2 Å². The lowest BCUT2D eigenvalue weighted by Gasteiger charge is -2.32. The van der Waals surface area contributed by atoms with Crippen molar-refractivity contribution in [3.8, 4) is 22.6 Å². The van der Waals surface area contributed by atoms with Gasteiger partial charge in [0.25, 0.3) is 0 Å². The number of hydrogen-bond acceptors (Lipinski definition) is 10. The molecule has 0 aromatic heterocycles. The monoisotopic (exact) mass is 763 g/mol. The van der Waals surface area contributed by atoms with Crippen LogP contribution in [0.5, 0.6) is 11.5 Å². The molecule has 4 atom stereocenters. The molecule has 1 aliphatic rings. The van der Waals surface area contributed by atoms with Gasteiger partial charge in [-0.3, -0.25) is 24.0 Å². The fourth-order valence-corrected chi connectivity index (χ4v) is 7.17. The molecule has 0 saturated heterocycles. The Balaban J connectivity index is 2.06. The third kappa shape index (κ3) is 13.8. The number of carbonyl (C=O) groups excluding carboxylic acids is 5. The summed E-state index contributed by atoms with van der Waals surface area (Å²) in [5.74, 6) is -1.96. The summed E-state index contributed by atoms with van der Waals surface area (Å²) in [5, 5.41) is 2.85. The predicted octanol–water partition coefficient (Wildman–Crippen LogP) is 5.21. The van der Waals surface area contributed by atoms with E-state index in [2.05, 4.69) is 12.2 Å². The molecule has 7 N–H and O–H groups in total. The predicted molar refractivity (Wildman–Crippen MR) is 216 cm³/mol. The van der Waals surface area contributed by atoms with Gasteiger partial charge in [0.2, 0.25) is 11.8 Å². The number of benzene rings is 2. The number of hydrogen-bond donors (Lipinski definition) is 4. The van der Waals surface area contributed by atoms with E-state index in [4.69, 9.17) is 26.7 Å². The average molecular weight is 764 g/mol. The van der Waals surface area contributed by atoms with Crippen molar-refractivity contribution in [2.24, 2.45) is 29.0 Å². The van der Waals surface area contributed by atoms with Crippen LogP contribution < -0.4 is 32.0 Å². The SMILES string of the molecule is CCCCCCCCCCC(=O)C[C@@H](CCN)C(=O)N(C)[C@@H]1C(=O)C[C@@H](C)C(=O)N[C@H](C(C)=O)Cc2ccc(OCCN)c(c2)-c2cc1ccc2OCCN. The molecule has 12 nitrogen and oxygen atoms in total. The van der Waals surface area contributed by atoms with Crippen LogP contribution in [0.1, 0.15) is 115 Å². The number of unbranched alkanes of at least 4 members (excludes halogenated alkanes) is 7. The molecule has 55 heavy (non-hydrogen) atoms. The minimum atomic E-state index is -1.11. The first-order valence-corrected chi connectivity index (χ1v) is 20.2. The van der Waals surface area contributed by atoms with Gasteiger partial charge in [-0.1, -0.05) is 70.9 Å². The van der Waals surface area contributed by atoms with E-state index in [1.54, 1.807) is 38.2 Å². The van der Waals surface area contributed by atoms with Crippen molar-refractivity contribution in [3.63, 3.8) is 0 Å². The molecule has 4 bridgehead atoms. The largest absolute Gasteiger partial charge is 0.492 e. The molecule has 1 heterocycles. The van der Waals surface area contributed by atoms with Crippen LogP contribution in [0.4, 0.5) is 0 Å². The average Bonchev–Trinajstić information content (AvgIpc) is 3.16. The highest BCUT2D eigenvalue weighted by Crippen LogP contribution is 2.41. The number of ketones is 3. The number of nitrogens with one attached hydrogen (secondary N) is 1. The van der Waals surface area contributed by atoms with Crippen LogP contribution in [0, 0.1) is 11.8 Å². The fourth-order valence-electron chi connectivity index (χ4n) is 7.17. The Morgan fingerprint density at radius 3 is 2.04 bits per heavy atom. The van der Waals surface area contributed by atoms with Crippen molar-refractivity contribution in [2.75, 3.05) is 39.9 Å². The van der Waals surface area contributed by atoms with Gasteiger partial charge in [0.1, 0.15) is 36.5 Å². The molecule has 0 aliphatic carbocycles. The van der Waals surface area contributed by atoms with E-state index in [-0.39, 0.29) is 81.8 Å². The summed E-state index contributed by atoms with van der Waals surface area (Å²) < 4.78 is 12.2. The Hall–Kier alpha value is -4.13. The van der Waals surface area contributed by atoms with Crippen molar-refractivity contribution in [2.45, 2.75) is 116 Å². The van der Waals surface area contributed by atoms with Crippen LogP contribution in [-0.4, -0.2) is 80.0 Å². The van der Waals surface area contributed by atoms with Gasteiger partial charge >= 0.3 is 0 Å². The van der Waals surface area contributed by atoms with Crippen LogP contribution in [-0.2, 0) is 30.4 Å². The maximum absolute atomic E-state index is 14.4. The second kappa shape index (κ2) is 23.7. The second-order valence-electron chi connectivity index (χ2n) is 14.9. The molecule has 1 aliphatic heterocycles. The Bertz CT molecular complexity index is 1580. The van der Waals surface area contributed by atoms with Crippen LogP contribution in [0.3, 0.4) is 0 Å². The number of nitrogens with two attached hydrogens (primary N) is 3. The normalized spacial score (nSPS) is 17.8. The van der Waals surface area contributed by atoms with Crippen molar-refractivity contribution in [1.29, 1.82) is 0 Å². The maximum atomic E-state index is 14.4. The number of ether oxygens (including phenoxy) is 2. The molecule has 0 saturated carbocycles. The number of rotatable bonds is 22. The molecular weight excluding hydrogens is 699 g/mol. The first-order chi connectivity index (χ1) is 26.4. The standard InChI is InChI=1S/C43H65N5O7/c1-5-6-7-8-9-10-11-12-13-34(50)27-33(18-19-44)43(53)48(4)41-32-15-17-40(55-23-21-46)36(28-32)35-25-31(14-16-39(35)54-22-20-45)26-37(30(3)49)47-42(52)29(2)24-38(41)51/h14-17,25,28-29,33,37,41H,5-13,18-24,26-27,44-46H2,1-4H3,(H,47,52)/t29-,33-,37+,41+/m1/s1. The van der Waals surface area contributed by atoms with Crippen LogP contribution in [0.25, 0.3) is 11.1 Å². The lowest BCUT2D eigenvalue weighted by molar-refractivity contribution is -0.143. The Morgan fingerprint density at radius 2 is 1.44 bits per heavy atom. The number of fused-ring (bicyclic) bond motifs is 5. The molecule has 0 spiro atoms. The van der Waals surface area contributed by atoms with Crippen LogP contribution in [0.15, 0.2) is 36.4 Å². The third-order valence-corrected chi connectivity index (χ3v) is 10.3. The van der Waals surface area contributed by atoms with Gasteiger partial charge in [-0.25, -0.2) is 0 Å². The molecule has 304 valence electrons. The minimum Gasteiger partial charge on any atom is -0.492 e. The zero-order chi connectivity index (χ0) is 40.3. The van der Waals surface area contributed by atoms with E-state index in [1.807, 2.05) is 12.1 Å². The molecule has 2 aromatic carbocycles. The third-order valence-electron chi connectivity index (χ3n) is 10.3. The first kappa shape index (κ1) is 45.3. The number of carbonyl (C=O) groups is 5. The number of amides is 2. The van der Waals surface area contributed by atoms with E-state index in [9.17, 15) is 24.0 Å². The number of Topliss-reactive ketones (excluding diaryl/α,β-unsaturated/α-hetero) is 3. The van der Waals surface area contributed by atoms with Gasteiger partial charge < -0.3 is 36.9 Å². The maximum Gasteiger partial charge on any atom is 0.226 e. The van der Waals surface area contributed by atoms with Gasteiger partial charge in [0.05, 0.1) is 6.04 Å². The van der Waals surface area contributed by atoms with Crippen molar-refractivity contribution >= 4 is 29.2 Å². The smallest absolute Gasteiger partial charge is 0.226 e. The van der Waals surface area contributed by atoms with E-state index < -0.39 is 29.8 Å². The highest BCUT2D eigenvalue weighted by Gasteiger charge is 2.35. The fraction of sp³-hybridized carbons (Fsp3) is 0.605. The molecule has 2 aromatic rings. The quantitative estimate of drug-likeness (QED) is 0.116. The molecule has 0 radical (unpaired) electrons.